The molecule has 0 N–H and O–H groups in total. The van der Waals surface area contributed by atoms with Gasteiger partial charge in [0.25, 0.3) is 5.91 Å². The highest BCUT2D eigenvalue weighted by atomic mass is 16.5. The van der Waals surface area contributed by atoms with Gasteiger partial charge in [-0.05, 0) is 45.7 Å². The molecule has 1 atom stereocenters. The second-order valence-corrected chi connectivity index (χ2v) is 6.26. The maximum Gasteiger partial charge on any atom is 0.257 e. The normalized spacial score (nSPS) is 18.0. The fraction of sp³-hybridized carbons (Fsp3) is 0.474. The van der Waals surface area contributed by atoms with Crippen LogP contribution in [0, 0.1) is 13.8 Å². The van der Waals surface area contributed by atoms with Crippen LogP contribution >= 0.6 is 0 Å². The van der Waals surface area contributed by atoms with Gasteiger partial charge in [0.15, 0.2) is 0 Å². The number of piperidine rings is 1. The van der Waals surface area contributed by atoms with Gasteiger partial charge in [-0.25, -0.2) is 4.68 Å². The molecule has 0 unspecified atom stereocenters. The molecule has 1 saturated heterocycles. The van der Waals surface area contributed by atoms with Gasteiger partial charge in [0, 0.05) is 19.7 Å². The van der Waals surface area contributed by atoms with E-state index in [0.717, 1.165) is 42.0 Å². The number of amides is 1. The van der Waals surface area contributed by atoms with Crippen LogP contribution in [0.3, 0.4) is 0 Å². The summed E-state index contributed by atoms with van der Waals surface area (Å²) in [6, 6.07) is 9.93. The van der Waals surface area contributed by atoms with Crippen molar-refractivity contribution in [1.29, 1.82) is 0 Å². The summed E-state index contributed by atoms with van der Waals surface area (Å²) < 4.78 is 7.57. The summed E-state index contributed by atoms with van der Waals surface area (Å²) in [7, 11) is 0. The summed E-state index contributed by atoms with van der Waals surface area (Å²) in [6.07, 6.45) is 2.16. The highest BCUT2D eigenvalue weighted by molar-refractivity contribution is 5.96. The summed E-state index contributed by atoms with van der Waals surface area (Å²) in [5.74, 6) is 0.0663. The molecule has 1 aliphatic heterocycles. The highest BCUT2D eigenvalue weighted by Crippen LogP contribution is 2.22. The lowest BCUT2D eigenvalue weighted by Gasteiger charge is -2.32. The number of nitrogens with zero attached hydrogens (tertiary/aromatic N) is 3. The summed E-state index contributed by atoms with van der Waals surface area (Å²) in [5.41, 5.74) is 3.36. The van der Waals surface area contributed by atoms with E-state index < -0.39 is 0 Å². The molecule has 0 saturated carbocycles. The van der Waals surface area contributed by atoms with Crippen molar-refractivity contribution >= 4 is 5.91 Å². The van der Waals surface area contributed by atoms with E-state index in [1.54, 1.807) is 0 Å². The van der Waals surface area contributed by atoms with E-state index in [-0.39, 0.29) is 12.0 Å². The van der Waals surface area contributed by atoms with Crippen LogP contribution in [0.15, 0.2) is 30.3 Å². The maximum absolute atomic E-state index is 13.1. The molecule has 1 aromatic heterocycles. The number of carbonyl (C=O) groups is 1. The third kappa shape index (κ3) is 3.22. The van der Waals surface area contributed by atoms with Crippen LogP contribution in [0.5, 0.6) is 0 Å². The van der Waals surface area contributed by atoms with Crippen molar-refractivity contribution in [2.24, 2.45) is 0 Å². The summed E-state index contributed by atoms with van der Waals surface area (Å²) in [5, 5.41) is 4.59. The fourth-order valence-corrected chi connectivity index (χ4v) is 3.43. The Bertz CT molecular complexity index is 707. The molecule has 1 fully saturated rings. The number of hydrogen-bond acceptors (Lipinski definition) is 3. The van der Waals surface area contributed by atoms with Gasteiger partial charge in [-0.1, -0.05) is 18.2 Å². The first-order valence-electron chi connectivity index (χ1n) is 8.64. The van der Waals surface area contributed by atoms with E-state index in [1.807, 2.05) is 60.7 Å². The van der Waals surface area contributed by atoms with Gasteiger partial charge in [-0.3, -0.25) is 4.79 Å². The van der Waals surface area contributed by atoms with Gasteiger partial charge in [0.2, 0.25) is 0 Å². The zero-order chi connectivity index (χ0) is 17.1. The average molecular weight is 327 g/mol. The Morgan fingerprint density at radius 2 is 2.04 bits per heavy atom. The van der Waals surface area contributed by atoms with Crippen molar-refractivity contribution in [1.82, 2.24) is 14.7 Å². The third-order valence-electron chi connectivity index (χ3n) is 4.57. The van der Waals surface area contributed by atoms with Crippen LogP contribution in [0.25, 0.3) is 5.69 Å². The summed E-state index contributed by atoms with van der Waals surface area (Å²) in [6.45, 7) is 8.02. The average Bonchev–Trinajstić information content (AvgIpc) is 2.90. The topological polar surface area (TPSA) is 47.4 Å². The van der Waals surface area contributed by atoms with Crippen LogP contribution in [0.1, 0.15) is 41.5 Å². The van der Waals surface area contributed by atoms with E-state index in [2.05, 4.69) is 5.10 Å². The number of benzene rings is 1. The Morgan fingerprint density at radius 1 is 1.29 bits per heavy atom. The number of ether oxygens (including phenoxy) is 1. The van der Waals surface area contributed by atoms with Crippen molar-refractivity contribution in [3.63, 3.8) is 0 Å². The minimum atomic E-state index is 0.0663. The lowest BCUT2D eigenvalue weighted by atomic mass is 10.1. The van der Waals surface area contributed by atoms with Crippen molar-refractivity contribution in [2.75, 3.05) is 19.7 Å². The number of rotatable bonds is 4. The predicted octanol–water partition coefficient (Wildman–Crippen LogP) is 3.13. The first-order chi connectivity index (χ1) is 11.6. The van der Waals surface area contributed by atoms with Gasteiger partial charge in [0.1, 0.15) is 0 Å². The summed E-state index contributed by atoms with van der Waals surface area (Å²) >= 11 is 0. The molecule has 5 nitrogen and oxygen atoms in total. The van der Waals surface area contributed by atoms with Crippen molar-refractivity contribution in [3.05, 3.63) is 47.3 Å². The molecule has 128 valence electrons. The number of aromatic nitrogens is 2. The van der Waals surface area contributed by atoms with Gasteiger partial charge in [-0.2, -0.15) is 5.10 Å². The number of likely N-dealkylation sites (tertiary alicyclic amines) is 1. The van der Waals surface area contributed by atoms with Crippen LogP contribution in [-0.4, -0.2) is 46.4 Å². The minimum Gasteiger partial charge on any atom is -0.377 e. The molecule has 24 heavy (non-hydrogen) atoms. The minimum absolute atomic E-state index is 0.0663. The van der Waals surface area contributed by atoms with Crippen molar-refractivity contribution in [2.45, 2.75) is 39.7 Å². The Morgan fingerprint density at radius 3 is 2.75 bits per heavy atom. The van der Waals surface area contributed by atoms with E-state index in [9.17, 15) is 4.79 Å². The molecule has 1 amide bonds. The number of carbonyl (C=O) groups excluding carboxylic acids is 1. The SMILES string of the molecule is CCO[C@H]1CCCN(C(=O)c2c(C)nn(-c3ccccc3)c2C)C1. The maximum atomic E-state index is 13.1. The summed E-state index contributed by atoms with van der Waals surface area (Å²) in [4.78, 5) is 15.0. The van der Waals surface area contributed by atoms with Gasteiger partial charge in [0.05, 0.1) is 28.7 Å². The van der Waals surface area contributed by atoms with E-state index >= 15 is 0 Å². The monoisotopic (exact) mass is 327 g/mol. The molecule has 2 heterocycles. The number of para-hydroxylation sites is 1. The second kappa shape index (κ2) is 7.18. The lowest BCUT2D eigenvalue weighted by Crippen LogP contribution is -2.43. The molecule has 1 aliphatic rings. The van der Waals surface area contributed by atoms with Crippen LogP contribution in [-0.2, 0) is 4.74 Å². The second-order valence-electron chi connectivity index (χ2n) is 6.26. The Kier molecular flexibility index (Phi) is 5.00. The van der Waals surface area contributed by atoms with E-state index in [1.165, 1.54) is 0 Å². The molecule has 2 aromatic rings. The highest BCUT2D eigenvalue weighted by Gasteiger charge is 2.28. The fourth-order valence-electron chi connectivity index (χ4n) is 3.43. The molecule has 0 radical (unpaired) electrons. The molecular weight excluding hydrogens is 302 g/mol. The molecule has 1 aromatic carbocycles. The quantitative estimate of drug-likeness (QED) is 0.867. The number of aryl methyl sites for hydroxylation is 1. The smallest absolute Gasteiger partial charge is 0.257 e. The first-order valence-corrected chi connectivity index (χ1v) is 8.64. The number of hydrogen-bond donors (Lipinski definition) is 0. The molecule has 0 bridgehead atoms. The van der Waals surface area contributed by atoms with E-state index in [0.29, 0.717) is 13.2 Å². The van der Waals surface area contributed by atoms with Crippen LogP contribution in [0.2, 0.25) is 0 Å². The molecule has 3 rings (SSSR count). The standard InChI is InChI=1S/C19H25N3O2/c1-4-24-17-11-8-12-21(13-17)19(23)18-14(2)20-22(15(18)3)16-9-6-5-7-10-16/h5-7,9-10,17H,4,8,11-13H2,1-3H3/t17-/m0/s1. The lowest BCUT2D eigenvalue weighted by molar-refractivity contribution is 0.00718. The van der Waals surface area contributed by atoms with Crippen LogP contribution in [0.4, 0.5) is 0 Å². The van der Waals surface area contributed by atoms with Crippen LogP contribution < -0.4 is 0 Å². The first kappa shape index (κ1) is 16.7. The Balaban J connectivity index is 1.87. The van der Waals surface area contributed by atoms with Gasteiger partial charge < -0.3 is 9.64 Å². The predicted molar refractivity (Wildman–Crippen MR) is 93.6 cm³/mol. The van der Waals surface area contributed by atoms with Crippen molar-refractivity contribution < 1.29 is 9.53 Å². The molecule has 5 heteroatoms. The Hall–Kier alpha value is -2.14. The van der Waals surface area contributed by atoms with Gasteiger partial charge in [-0.15, -0.1) is 0 Å². The zero-order valence-corrected chi connectivity index (χ0v) is 14.7. The van der Waals surface area contributed by atoms with E-state index in [4.69, 9.17) is 4.74 Å². The van der Waals surface area contributed by atoms with Gasteiger partial charge >= 0.3 is 0 Å². The molecule has 0 spiro atoms. The molecule has 0 aliphatic carbocycles. The third-order valence-corrected chi connectivity index (χ3v) is 4.57. The molecular formula is C19H25N3O2. The largest absolute Gasteiger partial charge is 0.377 e. The van der Waals surface area contributed by atoms with Crippen molar-refractivity contribution in [3.8, 4) is 5.69 Å². The Labute approximate surface area is 143 Å². The zero-order valence-electron chi connectivity index (χ0n) is 14.7.